The van der Waals surface area contributed by atoms with Gasteiger partial charge in [-0.3, -0.25) is 0 Å². The van der Waals surface area contributed by atoms with Crippen molar-refractivity contribution in [1.82, 2.24) is 24.6 Å². The van der Waals surface area contributed by atoms with Crippen LogP contribution in [0.1, 0.15) is 69.4 Å². The number of hydrogen-bond donors (Lipinski definition) is 1. The monoisotopic (exact) mass is 484 g/mol. The molecule has 5 heterocycles. The highest BCUT2D eigenvalue weighted by Crippen LogP contribution is 2.67. The molecule has 8 rings (SSSR count). The van der Waals surface area contributed by atoms with Gasteiger partial charge in [0.05, 0.1) is 24.5 Å². The van der Waals surface area contributed by atoms with E-state index >= 15 is 0 Å². The molecule has 0 unspecified atom stereocenters. The lowest BCUT2D eigenvalue weighted by molar-refractivity contribution is -0.123. The highest BCUT2D eigenvalue weighted by atomic mass is 16.5. The largest absolute Gasteiger partial charge is 0.493 e. The normalized spacial score (nSPS) is 23.9. The summed E-state index contributed by atoms with van der Waals surface area (Å²) in [4.78, 5) is 15.6. The highest BCUT2D eigenvalue weighted by molar-refractivity contribution is 5.95. The third-order valence-corrected chi connectivity index (χ3v) is 9.32. The van der Waals surface area contributed by atoms with Gasteiger partial charge in [-0.1, -0.05) is 13.8 Å². The molecule has 4 aromatic heterocycles. The van der Waals surface area contributed by atoms with Gasteiger partial charge in [0.25, 0.3) is 0 Å². The number of methoxy groups -OCH3 is 1. The topological polar surface area (TPSA) is 71.3 Å². The molecule has 0 aromatic carbocycles. The van der Waals surface area contributed by atoms with E-state index in [4.69, 9.17) is 9.72 Å². The Morgan fingerprint density at radius 3 is 2.61 bits per heavy atom. The van der Waals surface area contributed by atoms with E-state index in [1.54, 1.807) is 18.0 Å². The number of piperidine rings is 1. The zero-order valence-electron chi connectivity index (χ0n) is 21.8. The van der Waals surface area contributed by atoms with E-state index in [0.29, 0.717) is 5.92 Å². The van der Waals surface area contributed by atoms with Gasteiger partial charge < -0.3 is 14.6 Å². The molecule has 1 N–H and O–H groups in total. The van der Waals surface area contributed by atoms with Crippen LogP contribution < -0.4 is 9.64 Å². The predicted octanol–water partition coefficient (Wildman–Crippen LogP) is 6.12. The fraction of sp³-hybridized carbons (Fsp3) is 0.552. The van der Waals surface area contributed by atoms with Gasteiger partial charge >= 0.3 is 0 Å². The quantitative estimate of drug-likeness (QED) is 0.357. The van der Waals surface area contributed by atoms with E-state index in [1.165, 1.54) is 55.0 Å². The van der Waals surface area contributed by atoms with Crippen molar-refractivity contribution >= 4 is 22.4 Å². The zero-order chi connectivity index (χ0) is 24.6. The van der Waals surface area contributed by atoms with Gasteiger partial charge in [0.15, 0.2) is 11.4 Å². The third kappa shape index (κ3) is 3.27. The number of pyridine rings is 2. The summed E-state index contributed by atoms with van der Waals surface area (Å²) in [5.74, 6) is 4.21. The third-order valence-electron chi connectivity index (χ3n) is 9.32. The summed E-state index contributed by atoms with van der Waals surface area (Å²) in [7, 11) is 1.68. The van der Waals surface area contributed by atoms with E-state index in [9.17, 15) is 0 Å². The summed E-state index contributed by atoms with van der Waals surface area (Å²) < 4.78 is 7.43. The molecular formula is C29H36N6O. The SMILES string of the molecule is COc1cc(-c2[nH]c3cnc(N4CCC(CC56CC(C5)C6)CC4)c(C)c3c2C(C)C)cn2ncnc12. The van der Waals surface area contributed by atoms with E-state index in [-0.39, 0.29) is 0 Å². The molecule has 4 fully saturated rings. The van der Waals surface area contributed by atoms with Crippen LogP contribution in [0.4, 0.5) is 5.82 Å². The Morgan fingerprint density at radius 1 is 1.17 bits per heavy atom. The molecule has 7 nitrogen and oxygen atoms in total. The lowest BCUT2D eigenvalue weighted by atomic mass is 9.42. The first-order valence-electron chi connectivity index (χ1n) is 13.6. The van der Waals surface area contributed by atoms with Crippen LogP contribution in [-0.2, 0) is 0 Å². The average Bonchev–Trinajstić information content (AvgIpc) is 3.46. The molecule has 0 amide bonds. The summed E-state index contributed by atoms with van der Waals surface area (Å²) in [5, 5.41) is 5.67. The fourth-order valence-electron chi connectivity index (χ4n) is 7.55. The predicted molar refractivity (Wildman–Crippen MR) is 143 cm³/mol. The first kappa shape index (κ1) is 22.1. The smallest absolute Gasteiger partial charge is 0.197 e. The Hall–Kier alpha value is -3.09. The molecule has 0 atom stereocenters. The fourth-order valence-corrected chi connectivity index (χ4v) is 7.55. The second-order valence-electron chi connectivity index (χ2n) is 12.0. The van der Waals surface area contributed by atoms with Crippen molar-refractivity contribution < 1.29 is 4.74 Å². The van der Waals surface area contributed by atoms with Crippen molar-refractivity contribution in [3.05, 3.63) is 35.9 Å². The first-order valence-corrected chi connectivity index (χ1v) is 13.6. The van der Waals surface area contributed by atoms with Gasteiger partial charge in [0.2, 0.25) is 0 Å². The second kappa shape index (κ2) is 7.95. The lowest BCUT2D eigenvalue weighted by Gasteiger charge is -2.63. The number of H-pyrrole nitrogens is 1. The minimum atomic E-state index is 0.346. The Labute approximate surface area is 212 Å². The van der Waals surface area contributed by atoms with Crippen molar-refractivity contribution in [3.63, 3.8) is 0 Å². The standard InChI is InChI=1S/C29H36N6O/c1-17(2)24-25-18(3)27(34-7-5-19(6-8-34)10-29-11-20(12-29)13-29)30-14-22(25)33-26(24)21-9-23(36-4)28-31-16-32-35(28)15-21/h9,14-17,19-20,33H,5-8,10-13H2,1-4H3. The minimum Gasteiger partial charge on any atom is -0.493 e. The Morgan fingerprint density at radius 2 is 1.94 bits per heavy atom. The molecule has 4 aromatic rings. The van der Waals surface area contributed by atoms with Gasteiger partial charge in [0, 0.05) is 35.8 Å². The minimum absolute atomic E-state index is 0.346. The van der Waals surface area contributed by atoms with Crippen molar-refractivity contribution in [2.75, 3.05) is 25.1 Å². The van der Waals surface area contributed by atoms with E-state index in [1.807, 2.05) is 12.4 Å². The number of rotatable bonds is 6. The van der Waals surface area contributed by atoms with Crippen LogP contribution in [0.15, 0.2) is 24.8 Å². The molecule has 1 aliphatic heterocycles. The van der Waals surface area contributed by atoms with E-state index in [0.717, 1.165) is 64.3 Å². The molecule has 0 radical (unpaired) electrons. The van der Waals surface area contributed by atoms with Crippen LogP contribution in [0.5, 0.6) is 5.75 Å². The Kier molecular flexibility index (Phi) is 4.89. The number of hydrogen-bond acceptors (Lipinski definition) is 5. The Balaban J connectivity index is 1.23. The summed E-state index contributed by atoms with van der Waals surface area (Å²) in [6.45, 7) is 9.04. The maximum absolute atomic E-state index is 5.64. The van der Waals surface area contributed by atoms with Crippen molar-refractivity contribution in [1.29, 1.82) is 0 Å². The number of aromatic nitrogens is 5. The number of aryl methyl sites for hydroxylation is 1. The zero-order valence-corrected chi connectivity index (χ0v) is 21.8. The molecule has 3 aliphatic carbocycles. The van der Waals surface area contributed by atoms with E-state index in [2.05, 4.69) is 46.8 Å². The number of nitrogens with one attached hydrogen (secondary N) is 1. The molecule has 0 spiro atoms. The van der Waals surface area contributed by atoms with Gasteiger partial charge in [-0.15, -0.1) is 0 Å². The molecular weight excluding hydrogens is 448 g/mol. The molecule has 188 valence electrons. The summed E-state index contributed by atoms with van der Waals surface area (Å²) in [6, 6.07) is 2.06. The average molecular weight is 485 g/mol. The highest BCUT2D eigenvalue weighted by Gasteiger charge is 2.56. The van der Waals surface area contributed by atoms with Crippen LogP contribution >= 0.6 is 0 Å². The lowest BCUT2D eigenvalue weighted by Crippen LogP contribution is -2.53. The van der Waals surface area contributed by atoms with E-state index < -0.39 is 0 Å². The molecule has 36 heavy (non-hydrogen) atoms. The van der Waals surface area contributed by atoms with Crippen LogP contribution in [0.3, 0.4) is 0 Å². The first-order chi connectivity index (χ1) is 17.4. The van der Waals surface area contributed by atoms with Crippen molar-refractivity contribution in [2.45, 2.75) is 65.2 Å². The number of fused-ring (bicyclic) bond motifs is 2. The molecule has 3 saturated carbocycles. The molecule has 7 heteroatoms. The van der Waals surface area contributed by atoms with Gasteiger partial charge in [-0.05, 0) is 80.2 Å². The van der Waals surface area contributed by atoms with Crippen LogP contribution in [-0.4, -0.2) is 44.8 Å². The van der Waals surface area contributed by atoms with Gasteiger partial charge in [-0.25, -0.2) is 14.5 Å². The van der Waals surface area contributed by atoms with Crippen LogP contribution in [0.2, 0.25) is 0 Å². The molecule has 2 bridgehead atoms. The molecule has 1 saturated heterocycles. The maximum Gasteiger partial charge on any atom is 0.197 e. The summed E-state index contributed by atoms with van der Waals surface area (Å²) in [6.07, 6.45) is 14.3. The number of nitrogens with zero attached hydrogens (tertiary/aromatic N) is 5. The second-order valence-corrected chi connectivity index (χ2v) is 12.0. The van der Waals surface area contributed by atoms with Crippen molar-refractivity contribution in [2.24, 2.45) is 17.3 Å². The van der Waals surface area contributed by atoms with Gasteiger partial charge in [-0.2, -0.15) is 5.10 Å². The summed E-state index contributed by atoms with van der Waals surface area (Å²) >= 11 is 0. The number of anilines is 1. The maximum atomic E-state index is 5.64. The Bertz CT molecular complexity index is 1440. The number of ether oxygens (including phenoxy) is 1. The van der Waals surface area contributed by atoms with Gasteiger partial charge in [0.1, 0.15) is 12.1 Å². The number of aromatic amines is 1. The van der Waals surface area contributed by atoms with Crippen LogP contribution in [0, 0.1) is 24.2 Å². The van der Waals surface area contributed by atoms with Crippen LogP contribution in [0.25, 0.3) is 27.8 Å². The molecule has 4 aliphatic rings. The van der Waals surface area contributed by atoms with Crippen molar-refractivity contribution in [3.8, 4) is 17.0 Å². The summed E-state index contributed by atoms with van der Waals surface area (Å²) in [5.41, 5.74) is 7.33.